The van der Waals surface area contributed by atoms with E-state index in [1.807, 2.05) is 13.0 Å². The smallest absolute Gasteiger partial charge is 0.269 e. The first-order valence-corrected chi connectivity index (χ1v) is 12.3. The first-order chi connectivity index (χ1) is 17.9. The van der Waals surface area contributed by atoms with E-state index in [2.05, 4.69) is 23.8 Å². The van der Waals surface area contributed by atoms with Crippen molar-refractivity contribution < 1.29 is 24.0 Å². The van der Waals surface area contributed by atoms with Crippen LogP contribution in [-0.2, 0) is 22.6 Å². The van der Waals surface area contributed by atoms with E-state index in [9.17, 15) is 19.7 Å². The molecule has 0 unspecified atom stereocenters. The maximum atomic E-state index is 12.9. The largest absolute Gasteiger partial charge is 0.490 e. The van der Waals surface area contributed by atoms with Gasteiger partial charge in [-0.25, -0.2) is 0 Å². The second kappa shape index (κ2) is 10.0. The Balaban J connectivity index is 1.38. The normalized spacial score (nSPS) is 23.6. The van der Waals surface area contributed by atoms with Gasteiger partial charge < -0.3 is 9.47 Å². The second-order valence-electron chi connectivity index (χ2n) is 9.38. The summed E-state index contributed by atoms with van der Waals surface area (Å²) < 4.78 is 11.9. The Bertz CT molecular complexity index is 1290. The van der Waals surface area contributed by atoms with Crippen LogP contribution in [0.25, 0.3) is 0 Å². The van der Waals surface area contributed by atoms with Gasteiger partial charge in [0.2, 0.25) is 0 Å². The molecule has 2 amide bonds. The zero-order chi connectivity index (χ0) is 26.1. The second-order valence-corrected chi connectivity index (χ2v) is 9.38. The lowest BCUT2D eigenvalue weighted by Crippen LogP contribution is -2.28. The van der Waals surface area contributed by atoms with Crippen LogP contribution in [-0.4, -0.2) is 34.6 Å². The van der Waals surface area contributed by atoms with E-state index in [1.165, 1.54) is 18.3 Å². The van der Waals surface area contributed by atoms with Crippen LogP contribution in [0.15, 0.2) is 66.3 Å². The van der Waals surface area contributed by atoms with E-state index in [1.54, 1.807) is 24.3 Å². The summed E-state index contributed by atoms with van der Waals surface area (Å²) in [6.07, 6.45) is 8.70. The van der Waals surface area contributed by atoms with Crippen molar-refractivity contribution in [3.8, 4) is 11.5 Å². The van der Waals surface area contributed by atoms with Gasteiger partial charge in [-0.2, -0.15) is 10.1 Å². The number of hydrazone groups is 1. The first-order valence-electron chi connectivity index (χ1n) is 12.3. The van der Waals surface area contributed by atoms with Crippen molar-refractivity contribution in [2.24, 2.45) is 28.8 Å². The van der Waals surface area contributed by atoms with E-state index in [0.717, 1.165) is 22.6 Å². The molecule has 0 radical (unpaired) electrons. The number of nitrogens with zero attached hydrogens (tertiary/aromatic N) is 3. The monoisotopic (exact) mass is 501 g/mol. The molecule has 2 aromatic carbocycles. The fraction of sp³-hybridized carbons (Fsp3) is 0.321. The van der Waals surface area contributed by atoms with E-state index < -0.39 is 4.92 Å². The molecule has 2 bridgehead atoms. The molecule has 2 fully saturated rings. The molecule has 0 spiro atoms. The van der Waals surface area contributed by atoms with Gasteiger partial charge in [0.1, 0.15) is 6.61 Å². The highest BCUT2D eigenvalue weighted by atomic mass is 16.6. The van der Waals surface area contributed by atoms with Crippen molar-refractivity contribution in [3.05, 3.63) is 88.0 Å². The third-order valence-electron chi connectivity index (χ3n) is 7.12. The molecule has 0 aromatic heterocycles. The van der Waals surface area contributed by atoms with Gasteiger partial charge in [-0.05, 0) is 67.0 Å². The van der Waals surface area contributed by atoms with Crippen molar-refractivity contribution in [3.63, 3.8) is 0 Å². The highest BCUT2D eigenvalue weighted by molar-refractivity contribution is 6.06. The Kier molecular flexibility index (Phi) is 6.60. The number of nitro benzene ring substituents is 1. The fourth-order valence-corrected chi connectivity index (χ4v) is 5.49. The van der Waals surface area contributed by atoms with E-state index in [-0.39, 0.29) is 47.8 Å². The minimum atomic E-state index is -0.447. The Hall–Kier alpha value is -4.27. The number of hydrogen-bond donors (Lipinski definition) is 0. The summed E-state index contributed by atoms with van der Waals surface area (Å²) in [5, 5.41) is 16.2. The van der Waals surface area contributed by atoms with Crippen LogP contribution in [0, 0.1) is 33.8 Å². The Morgan fingerprint density at radius 3 is 2.38 bits per heavy atom. The zero-order valence-electron chi connectivity index (χ0n) is 20.4. The summed E-state index contributed by atoms with van der Waals surface area (Å²) in [6.45, 7) is 6.27. The molecule has 9 nitrogen and oxygen atoms in total. The zero-order valence-corrected chi connectivity index (χ0v) is 20.4. The molecule has 1 saturated carbocycles. The number of carbonyl (C=O) groups is 2. The minimum Gasteiger partial charge on any atom is -0.490 e. The molecule has 4 atom stereocenters. The molecule has 1 aliphatic heterocycles. The average molecular weight is 502 g/mol. The number of fused-ring (bicyclic) bond motifs is 5. The van der Waals surface area contributed by atoms with Crippen LogP contribution in [0.4, 0.5) is 5.69 Å². The van der Waals surface area contributed by atoms with Gasteiger partial charge >= 0.3 is 0 Å². The molecule has 37 heavy (non-hydrogen) atoms. The summed E-state index contributed by atoms with van der Waals surface area (Å²) >= 11 is 0. The van der Waals surface area contributed by atoms with Crippen molar-refractivity contribution >= 4 is 23.7 Å². The minimum absolute atomic E-state index is 0.0113. The molecule has 0 N–H and O–H groups in total. The van der Waals surface area contributed by atoms with Crippen LogP contribution < -0.4 is 9.47 Å². The molecule has 1 heterocycles. The van der Waals surface area contributed by atoms with Crippen LogP contribution in [0.5, 0.6) is 11.5 Å². The lowest BCUT2D eigenvalue weighted by atomic mass is 9.85. The third-order valence-corrected chi connectivity index (χ3v) is 7.12. The molecule has 9 heteroatoms. The predicted molar refractivity (Wildman–Crippen MR) is 136 cm³/mol. The third kappa shape index (κ3) is 4.52. The number of rotatable bonds is 10. The highest BCUT2D eigenvalue weighted by Crippen LogP contribution is 2.52. The average Bonchev–Trinajstić information content (AvgIpc) is 3.57. The number of hydrogen-bond acceptors (Lipinski definition) is 7. The molecule has 2 aromatic rings. The molecular formula is C28H27N3O6. The topological polar surface area (TPSA) is 111 Å². The highest BCUT2D eigenvalue weighted by Gasteiger charge is 2.59. The Morgan fingerprint density at radius 2 is 1.78 bits per heavy atom. The van der Waals surface area contributed by atoms with Crippen molar-refractivity contribution in [2.75, 3.05) is 6.61 Å². The summed E-state index contributed by atoms with van der Waals surface area (Å²) in [7, 11) is 0. The lowest BCUT2D eigenvalue weighted by molar-refractivity contribution is -0.384. The molecule has 1 saturated heterocycles. The molecule has 190 valence electrons. The number of imide groups is 1. The number of carbonyl (C=O) groups excluding carboxylic acids is 2. The fourth-order valence-electron chi connectivity index (χ4n) is 5.49. The molecular weight excluding hydrogens is 474 g/mol. The van der Waals surface area contributed by atoms with Crippen LogP contribution in [0.3, 0.4) is 0 Å². The van der Waals surface area contributed by atoms with Gasteiger partial charge in [0.15, 0.2) is 11.5 Å². The first kappa shape index (κ1) is 24.4. The van der Waals surface area contributed by atoms with E-state index in [0.29, 0.717) is 30.1 Å². The molecule has 3 aliphatic rings. The van der Waals surface area contributed by atoms with E-state index >= 15 is 0 Å². The van der Waals surface area contributed by atoms with Gasteiger partial charge in [0, 0.05) is 17.7 Å². The quantitative estimate of drug-likeness (QED) is 0.156. The van der Waals surface area contributed by atoms with Crippen molar-refractivity contribution in [2.45, 2.75) is 26.4 Å². The summed E-state index contributed by atoms with van der Waals surface area (Å²) in [6, 6.07) is 9.77. The maximum absolute atomic E-state index is 12.9. The molecule has 5 rings (SSSR count). The summed E-state index contributed by atoms with van der Waals surface area (Å²) in [5.41, 5.74) is 2.23. The Labute approximate surface area is 214 Å². The number of nitro groups is 1. The van der Waals surface area contributed by atoms with E-state index in [4.69, 9.17) is 9.47 Å². The van der Waals surface area contributed by atoms with Gasteiger partial charge in [0.25, 0.3) is 17.5 Å². The summed E-state index contributed by atoms with van der Waals surface area (Å²) in [5.74, 6) is 0.205. The van der Waals surface area contributed by atoms with Gasteiger partial charge in [-0.1, -0.05) is 18.2 Å². The summed E-state index contributed by atoms with van der Waals surface area (Å²) in [4.78, 5) is 36.3. The lowest BCUT2D eigenvalue weighted by Gasteiger charge is -2.17. The number of non-ortho nitro benzene ring substituents is 1. The Morgan fingerprint density at radius 1 is 1.11 bits per heavy atom. The van der Waals surface area contributed by atoms with Crippen LogP contribution in [0.1, 0.15) is 30.0 Å². The standard InChI is InChI=1S/C28H27N3O6/c1-3-5-21-12-18(15-29-30-27(32)24-19-8-9-20(14-19)25(24)28(30)33)13-23(36-4-2)26(21)37-16-17-6-10-22(11-7-17)31(34)35/h3,6-13,15,19-20,24-25H,1,4-5,14,16H2,2H3/t19-,20-,24-,25+/m0/s1. The number of allylic oxidation sites excluding steroid dienone is 3. The number of ether oxygens (including phenoxy) is 2. The van der Waals surface area contributed by atoms with Crippen LogP contribution in [0.2, 0.25) is 0 Å². The SMILES string of the molecule is C=CCc1cc(C=NN2C(=O)[C@@H]3[C@H](C2=O)[C@H]2C=C[C@H]3C2)cc(OCC)c1OCc1ccc([N+](=O)[O-])cc1. The predicted octanol–water partition coefficient (Wildman–Crippen LogP) is 4.44. The maximum Gasteiger partial charge on any atom is 0.269 e. The van der Waals surface area contributed by atoms with Gasteiger partial charge in [-0.15, -0.1) is 6.58 Å². The number of amides is 2. The van der Waals surface area contributed by atoms with Crippen molar-refractivity contribution in [1.82, 2.24) is 5.01 Å². The van der Waals surface area contributed by atoms with Gasteiger partial charge in [0.05, 0.1) is 29.6 Å². The number of benzene rings is 2. The van der Waals surface area contributed by atoms with Gasteiger partial charge in [-0.3, -0.25) is 19.7 Å². The van der Waals surface area contributed by atoms with Crippen LogP contribution >= 0.6 is 0 Å². The van der Waals surface area contributed by atoms with Crippen molar-refractivity contribution in [1.29, 1.82) is 0 Å². The molecule has 2 aliphatic carbocycles.